The molecular weight excluding hydrogens is 357 g/mol. The van der Waals surface area contributed by atoms with Crippen LogP contribution in [0.4, 0.5) is 9.18 Å². The molecule has 3 rings (SSSR count). The minimum Gasteiger partial charge on any atom is -0.350 e. The van der Waals surface area contributed by atoms with E-state index in [0.717, 1.165) is 4.90 Å². The number of carbonyl (C=O) groups is 3. The monoisotopic (exact) mass is 375 g/mol. The predicted molar refractivity (Wildman–Crippen MR) is 94.9 cm³/mol. The van der Waals surface area contributed by atoms with E-state index in [1.165, 1.54) is 17.4 Å². The van der Waals surface area contributed by atoms with E-state index in [0.29, 0.717) is 16.0 Å². The second kappa shape index (κ2) is 6.87. The van der Waals surface area contributed by atoms with Crippen LogP contribution < -0.4 is 10.6 Å². The number of aryl methyl sites for hydroxylation is 1. The van der Waals surface area contributed by atoms with E-state index in [9.17, 15) is 18.8 Å². The van der Waals surface area contributed by atoms with Crippen LogP contribution in [0.5, 0.6) is 0 Å². The molecule has 1 fully saturated rings. The number of nitrogens with zero attached hydrogens (tertiary/aromatic N) is 1. The third kappa shape index (κ3) is 3.32. The van der Waals surface area contributed by atoms with Crippen LogP contribution in [0.3, 0.4) is 0 Å². The minimum absolute atomic E-state index is 0.113. The molecule has 1 saturated heterocycles. The molecule has 2 aromatic rings. The maximum Gasteiger partial charge on any atom is 0.325 e. The van der Waals surface area contributed by atoms with E-state index in [-0.39, 0.29) is 18.9 Å². The molecule has 2 heterocycles. The number of urea groups is 1. The van der Waals surface area contributed by atoms with Crippen molar-refractivity contribution in [3.8, 4) is 0 Å². The van der Waals surface area contributed by atoms with Crippen molar-refractivity contribution in [3.05, 3.63) is 57.5 Å². The van der Waals surface area contributed by atoms with Crippen LogP contribution >= 0.6 is 11.3 Å². The number of rotatable bonds is 5. The van der Waals surface area contributed by atoms with Crippen LogP contribution in [0.15, 0.2) is 35.7 Å². The topological polar surface area (TPSA) is 78.5 Å². The Morgan fingerprint density at radius 3 is 2.77 bits per heavy atom. The standard InChI is InChI=1S/C18H18FN3O3S/c1-11-5-6-12(8-13(11)19)9-20-15(23)10-22-16(24)18(2,21-17(22)25)14-4-3-7-26-14/h3-8H,9-10H2,1-2H3,(H,20,23)(H,21,25). The normalized spacial score (nSPS) is 19.6. The molecule has 0 saturated carbocycles. The second-order valence-electron chi connectivity index (χ2n) is 6.28. The Kier molecular flexibility index (Phi) is 4.78. The van der Waals surface area contributed by atoms with Gasteiger partial charge in [0.05, 0.1) is 0 Å². The summed E-state index contributed by atoms with van der Waals surface area (Å²) in [4.78, 5) is 38.5. The highest BCUT2D eigenvalue weighted by atomic mass is 32.1. The molecule has 26 heavy (non-hydrogen) atoms. The molecule has 0 bridgehead atoms. The molecule has 1 aromatic heterocycles. The lowest BCUT2D eigenvalue weighted by Gasteiger charge is -2.20. The highest BCUT2D eigenvalue weighted by molar-refractivity contribution is 7.10. The predicted octanol–water partition coefficient (Wildman–Crippen LogP) is 2.28. The lowest BCUT2D eigenvalue weighted by atomic mass is 10.0. The SMILES string of the molecule is Cc1ccc(CNC(=O)CN2C(=O)NC(C)(c3cccs3)C2=O)cc1F. The highest BCUT2D eigenvalue weighted by Crippen LogP contribution is 2.31. The molecule has 1 aliphatic heterocycles. The zero-order valence-electron chi connectivity index (χ0n) is 14.3. The molecular formula is C18H18FN3O3S. The second-order valence-corrected chi connectivity index (χ2v) is 7.23. The van der Waals surface area contributed by atoms with Crippen molar-refractivity contribution in [2.24, 2.45) is 0 Å². The fourth-order valence-corrected chi connectivity index (χ4v) is 3.55. The molecule has 136 valence electrons. The number of hydrogen-bond donors (Lipinski definition) is 2. The van der Waals surface area contributed by atoms with Crippen molar-refractivity contribution in [1.82, 2.24) is 15.5 Å². The van der Waals surface area contributed by atoms with Gasteiger partial charge in [0.1, 0.15) is 12.4 Å². The maximum absolute atomic E-state index is 13.5. The molecule has 6 nitrogen and oxygen atoms in total. The maximum atomic E-state index is 13.5. The summed E-state index contributed by atoms with van der Waals surface area (Å²) in [6.45, 7) is 2.99. The van der Waals surface area contributed by atoms with Crippen LogP contribution in [0.1, 0.15) is 22.9 Å². The fraction of sp³-hybridized carbons (Fsp3) is 0.278. The van der Waals surface area contributed by atoms with Crippen molar-refractivity contribution in [3.63, 3.8) is 0 Å². The zero-order valence-corrected chi connectivity index (χ0v) is 15.2. The van der Waals surface area contributed by atoms with Gasteiger partial charge in [-0.15, -0.1) is 11.3 Å². The van der Waals surface area contributed by atoms with Crippen LogP contribution in [0.2, 0.25) is 0 Å². The third-order valence-electron chi connectivity index (χ3n) is 4.32. The van der Waals surface area contributed by atoms with E-state index in [2.05, 4.69) is 10.6 Å². The van der Waals surface area contributed by atoms with Gasteiger partial charge in [-0.3, -0.25) is 14.5 Å². The van der Waals surface area contributed by atoms with Gasteiger partial charge in [-0.25, -0.2) is 9.18 Å². The van der Waals surface area contributed by atoms with Gasteiger partial charge < -0.3 is 10.6 Å². The lowest BCUT2D eigenvalue weighted by molar-refractivity contribution is -0.134. The van der Waals surface area contributed by atoms with Crippen molar-refractivity contribution in [2.75, 3.05) is 6.54 Å². The number of amides is 4. The molecule has 0 spiro atoms. The van der Waals surface area contributed by atoms with E-state index in [1.54, 1.807) is 38.1 Å². The Bertz CT molecular complexity index is 869. The average molecular weight is 375 g/mol. The number of hydrogen-bond acceptors (Lipinski definition) is 4. The largest absolute Gasteiger partial charge is 0.350 e. The quantitative estimate of drug-likeness (QED) is 0.787. The molecule has 0 radical (unpaired) electrons. The van der Waals surface area contributed by atoms with Gasteiger partial charge in [0.2, 0.25) is 5.91 Å². The first kappa shape index (κ1) is 18.1. The lowest BCUT2D eigenvalue weighted by Crippen LogP contribution is -2.42. The van der Waals surface area contributed by atoms with Gasteiger partial charge in [0, 0.05) is 11.4 Å². The molecule has 8 heteroatoms. The smallest absolute Gasteiger partial charge is 0.325 e. The summed E-state index contributed by atoms with van der Waals surface area (Å²) in [5, 5.41) is 7.06. The van der Waals surface area contributed by atoms with E-state index < -0.39 is 23.4 Å². The van der Waals surface area contributed by atoms with Gasteiger partial charge in [-0.1, -0.05) is 18.2 Å². The van der Waals surface area contributed by atoms with E-state index >= 15 is 0 Å². The van der Waals surface area contributed by atoms with E-state index in [1.807, 2.05) is 5.38 Å². The van der Waals surface area contributed by atoms with Gasteiger partial charge in [-0.05, 0) is 42.5 Å². The molecule has 1 unspecified atom stereocenters. The molecule has 1 aliphatic rings. The molecule has 4 amide bonds. The first-order chi connectivity index (χ1) is 12.3. The average Bonchev–Trinajstić information content (AvgIpc) is 3.21. The number of nitrogens with one attached hydrogen (secondary N) is 2. The van der Waals surface area contributed by atoms with Gasteiger partial charge >= 0.3 is 6.03 Å². The Morgan fingerprint density at radius 1 is 1.35 bits per heavy atom. The first-order valence-electron chi connectivity index (χ1n) is 8.01. The van der Waals surface area contributed by atoms with Crippen LogP contribution in [0, 0.1) is 12.7 Å². The van der Waals surface area contributed by atoms with Crippen molar-refractivity contribution in [1.29, 1.82) is 0 Å². The number of imide groups is 1. The minimum atomic E-state index is -1.16. The van der Waals surface area contributed by atoms with Gasteiger partial charge in [-0.2, -0.15) is 0 Å². The van der Waals surface area contributed by atoms with E-state index in [4.69, 9.17) is 0 Å². The summed E-state index contributed by atoms with van der Waals surface area (Å²) < 4.78 is 13.5. The number of benzene rings is 1. The summed E-state index contributed by atoms with van der Waals surface area (Å²) in [5.74, 6) is -1.32. The van der Waals surface area contributed by atoms with Crippen LogP contribution in [-0.2, 0) is 21.7 Å². The zero-order chi connectivity index (χ0) is 18.9. The molecule has 0 aliphatic carbocycles. The van der Waals surface area contributed by atoms with Gasteiger partial charge in [0.25, 0.3) is 5.91 Å². The number of thiophene rings is 1. The summed E-state index contributed by atoms with van der Waals surface area (Å²) >= 11 is 1.36. The van der Waals surface area contributed by atoms with Crippen LogP contribution in [-0.4, -0.2) is 29.3 Å². The molecule has 1 atom stereocenters. The fourth-order valence-electron chi connectivity index (χ4n) is 2.72. The molecule has 2 N–H and O–H groups in total. The number of carbonyl (C=O) groups excluding carboxylic acids is 3. The summed E-state index contributed by atoms with van der Waals surface area (Å²) in [7, 11) is 0. The summed E-state index contributed by atoms with van der Waals surface area (Å²) in [5.41, 5.74) is -0.0413. The highest BCUT2D eigenvalue weighted by Gasteiger charge is 2.50. The van der Waals surface area contributed by atoms with Crippen molar-refractivity contribution >= 4 is 29.2 Å². The first-order valence-corrected chi connectivity index (χ1v) is 8.89. The van der Waals surface area contributed by atoms with Crippen molar-refractivity contribution in [2.45, 2.75) is 25.9 Å². The molecule has 1 aromatic carbocycles. The van der Waals surface area contributed by atoms with Gasteiger partial charge in [0.15, 0.2) is 5.54 Å². The number of halogens is 1. The summed E-state index contributed by atoms with van der Waals surface area (Å²) in [6, 6.07) is 7.62. The van der Waals surface area contributed by atoms with Crippen LogP contribution in [0.25, 0.3) is 0 Å². The third-order valence-corrected chi connectivity index (χ3v) is 5.41. The Morgan fingerprint density at radius 2 is 2.12 bits per heavy atom. The Balaban J connectivity index is 1.63. The Labute approximate surface area is 154 Å². The summed E-state index contributed by atoms with van der Waals surface area (Å²) in [6.07, 6.45) is 0. The Hall–Kier alpha value is -2.74. The van der Waals surface area contributed by atoms with Crippen molar-refractivity contribution < 1.29 is 18.8 Å².